The molecule has 3 heteroatoms. The highest BCUT2D eigenvalue weighted by atomic mass is 16.6. The molecule has 1 N–H and O–H groups in total. The van der Waals surface area contributed by atoms with Gasteiger partial charge in [0.05, 0.1) is 6.42 Å². The molecule has 0 bridgehead atoms. The number of ether oxygens (including phenoxy) is 1. The Labute approximate surface area is 123 Å². The van der Waals surface area contributed by atoms with Gasteiger partial charge in [-0.15, -0.1) is 0 Å². The van der Waals surface area contributed by atoms with Crippen LogP contribution in [0.25, 0.3) is 21.8 Å². The van der Waals surface area contributed by atoms with Crippen molar-refractivity contribution in [3.8, 4) is 0 Å². The highest BCUT2D eigenvalue weighted by Gasteiger charge is 2.16. The number of hydrogen-bond donors (Lipinski definition) is 1. The molecule has 0 aliphatic rings. The topological polar surface area (TPSA) is 42.1 Å². The number of aromatic amines is 1. The summed E-state index contributed by atoms with van der Waals surface area (Å²) in [6, 6.07) is 14.3. The van der Waals surface area contributed by atoms with Gasteiger partial charge in [0.15, 0.2) is 0 Å². The molecule has 1 aromatic heterocycles. The molecule has 0 aliphatic heterocycles. The minimum atomic E-state index is -0.442. The maximum absolute atomic E-state index is 11.9. The number of fused-ring (bicyclic) bond motifs is 3. The van der Waals surface area contributed by atoms with E-state index in [1.807, 2.05) is 45.0 Å². The number of carbonyl (C=O) groups is 1. The Morgan fingerprint density at radius 3 is 2.52 bits per heavy atom. The van der Waals surface area contributed by atoms with Crippen molar-refractivity contribution in [2.75, 3.05) is 0 Å². The monoisotopic (exact) mass is 281 g/mol. The maximum atomic E-state index is 11.9. The Bertz CT molecular complexity index is 809. The Kier molecular flexibility index (Phi) is 3.20. The van der Waals surface area contributed by atoms with Gasteiger partial charge in [0.1, 0.15) is 5.60 Å². The molecule has 0 radical (unpaired) electrons. The van der Waals surface area contributed by atoms with Gasteiger partial charge in [0.2, 0.25) is 0 Å². The number of nitrogens with one attached hydrogen (secondary N) is 1. The zero-order valence-electron chi connectivity index (χ0n) is 12.6. The molecule has 0 saturated heterocycles. The molecule has 0 atom stereocenters. The highest BCUT2D eigenvalue weighted by molar-refractivity contribution is 6.07. The quantitative estimate of drug-likeness (QED) is 0.715. The smallest absolute Gasteiger partial charge is 0.310 e. The molecule has 0 saturated carbocycles. The second kappa shape index (κ2) is 4.92. The molecule has 2 aromatic carbocycles. The summed E-state index contributed by atoms with van der Waals surface area (Å²) in [4.78, 5) is 15.3. The van der Waals surface area contributed by atoms with Crippen LogP contribution in [-0.4, -0.2) is 16.6 Å². The summed E-state index contributed by atoms with van der Waals surface area (Å²) in [6.45, 7) is 5.64. The van der Waals surface area contributed by atoms with Gasteiger partial charge >= 0.3 is 5.97 Å². The molecule has 3 rings (SSSR count). The first-order chi connectivity index (χ1) is 9.92. The van der Waals surface area contributed by atoms with Crippen LogP contribution in [0.1, 0.15) is 26.3 Å². The van der Waals surface area contributed by atoms with Gasteiger partial charge in [-0.25, -0.2) is 0 Å². The standard InChI is InChI=1S/C18H19NO2/c1-18(2,3)21-17(20)11-12-8-9-14-13-6-4-5-7-15(13)19-16(14)10-12/h4-10,19H,11H2,1-3H3. The van der Waals surface area contributed by atoms with E-state index in [4.69, 9.17) is 4.74 Å². The molecule has 0 unspecified atom stereocenters. The molecular weight excluding hydrogens is 262 g/mol. The molecule has 3 nitrogen and oxygen atoms in total. The SMILES string of the molecule is CC(C)(C)OC(=O)Cc1ccc2c(c1)[nH]c1ccccc12. The fourth-order valence-corrected chi connectivity index (χ4v) is 2.56. The molecule has 0 spiro atoms. The van der Waals surface area contributed by atoms with Crippen molar-refractivity contribution in [3.05, 3.63) is 48.0 Å². The van der Waals surface area contributed by atoms with Crippen molar-refractivity contribution in [2.24, 2.45) is 0 Å². The molecular formula is C18H19NO2. The van der Waals surface area contributed by atoms with Crippen LogP contribution in [0.4, 0.5) is 0 Å². The molecule has 3 aromatic rings. The van der Waals surface area contributed by atoms with E-state index in [0.29, 0.717) is 6.42 Å². The molecule has 0 amide bonds. The minimum absolute atomic E-state index is 0.196. The van der Waals surface area contributed by atoms with E-state index in [1.165, 1.54) is 10.8 Å². The summed E-state index contributed by atoms with van der Waals surface area (Å²) in [6.07, 6.45) is 0.294. The summed E-state index contributed by atoms with van der Waals surface area (Å²) in [5, 5.41) is 2.38. The first-order valence-corrected chi connectivity index (χ1v) is 7.13. The Morgan fingerprint density at radius 2 is 1.76 bits per heavy atom. The van der Waals surface area contributed by atoms with Crippen molar-refractivity contribution < 1.29 is 9.53 Å². The van der Waals surface area contributed by atoms with E-state index in [0.717, 1.165) is 16.6 Å². The third kappa shape index (κ3) is 2.92. The molecule has 0 fully saturated rings. The second-order valence-corrected chi connectivity index (χ2v) is 6.31. The van der Waals surface area contributed by atoms with Crippen molar-refractivity contribution in [1.82, 2.24) is 4.98 Å². The van der Waals surface area contributed by atoms with Crippen LogP contribution in [0.2, 0.25) is 0 Å². The number of benzene rings is 2. The summed E-state index contributed by atoms with van der Waals surface area (Å²) < 4.78 is 5.36. The Balaban J connectivity index is 1.91. The normalized spacial score (nSPS) is 12.0. The van der Waals surface area contributed by atoms with E-state index >= 15 is 0 Å². The second-order valence-electron chi connectivity index (χ2n) is 6.31. The lowest BCUT2D eigenvalue weighted by atomic mass is 10.1. The Morgan fingerprint density at radius 1 is 1.05 bits per heavy atom. The van der Waals surface area contributed by atoms with Crippen LogP contribution in [0.15, 0.2) is 42.5 Å². The van der Waals surface area contributed by atoms with E-state index < -0.39 is 5.60 Å². The summed E-state index contributed by atoms with van der Waals surface area (Å²) >= 11 is 0. The lowest BCUT2D eigenvalue weighted by molar-refractivity contribution is -0.153. The predicted molar refractivity (Wildman–Crippen MR) is 85.4 cm³/mol. The number of esters is 1. The number of hydrogen-bond acceptors (Lipinski definition) is 2. The van der Waals surface area contributed by atoms with Crippen molar-refractivity contribution >= 4 is 27.8 Å². The third-order valence-corrected chi connectivity index (χ3v) is 3.34. The van der Waals surface area contributed by atoms with Gasteiger partial charge in [-0.1, -0.05) is 30.3 Å². The lowest BCUT2D eigenvalue weighted by Crippen LogP contribution is -2.24. The number of carbonyl (C=O) groups excluding carboxylic acids is 1. The van der Waals surface area contributed by atoms with Gasteiger partial charge < -0.3 is 9.72 Å². The van der Waals surface area contributed by atoms with Crippen molar-refractivity contribution in [1.29, 1.82) is 0 Å². The minimum Gasteiger partial charge on any atom is -0.460 e. The highest BCUT2D eigenvalue weighted by Crippen LogP contribution is 2.26. The van der Waals surface area contributed by atoms with E-state index in [2.05, 4.69) is 23.2 Å². The van der Waals surface area contributed by atoms with Crippen LogP contribution in [-0.2, 0) is 16.0 Å². The van der Waals surface area contributed by atoms with E-state index in [-0.39, 0.29) is 5.97 Å². The van der Waals surface area contributed by atoms with Gasteiger partial charge in [-0.3, -0.25) is 4.79 Å². The van der Waals surface area contributed by atoms with Crippen LogP contribution in [0, 0.1) is 0 Å². The van der Waals surface area contributed by atoms with Gasteiger partial charge in [0, 0.05) is 21.8 Å². The molecule has 1 heterocycles. The molecule has 108 valence electrons. The number of rotatable bonds is 2. The first kappa shape index (κ1) is 13.7. The largest absolute Gasteiger partial charge is 0.460 e. The van der Waals surface area contributed by atoms with Gasteiger partial charge in [-0.05, 0) is 38.5 Å². The fourth-order valence-electron chi connectivity index (χ4n) is 2.56. The number of H-pyrrole nitrogens is 1. The van der Waals surface area contributed by atoms with E-state index in [9.17, 15) is 4.79 Å². The lowest BCUT2D eigenvalue weighted by Gasteiger charge is -2.19. The average molecular weight is 281 g/mol. The average Bonchev–Trinajstić information content (AvgIpc) is 2.73. The maximum Gasteiger partial charge on any atom is 0.310 e. The van der Waals surface area contributed by atoms with E-state index in [1.54, 1.807) is 0 Å². The van der Waals surface area contributed by atoms with Crippen LogP contribution in [0.5, 0.6) is 0 Å². The zero-order chi connectivity index (χ0) is 15.0. The fraction of sp³-hybridized carbons (Fsp3) is 0.278. The zero-order valence-corrected chi connectivity index (χ0v) is 12.6. The van der Waals surface area contributed by atoms with Gasteiger partial charge in [-0.2, -0.15) is 0 Å². The first-order valence-electron chi connectivity index (χ1n) is 7.13. The van der Waals surface area contributed by atoms with Crippen molar-refractivity contribution in [3.63, 3.8) is 0 Å². The molecule has 21 heavy (non-hydrogen) atoms. The van der Waals surface area contributed by atoms with Crippen LogP contribution >= 0.6 is 0 Å². The Hall–Kier alpha value is -2.29. The molecule has 0 aliphatic carbocycles. The van der Waals surface area contributed by atoms with Gasteiger partial charge in [0.25, 0.3) is 0 Å². The summed E-state index contributed by atoms with van der Waals surface area (Å²) in [7, 11) is 0. The number of aromatic nitrogens is 1. The predicted octanol–water partition coefficient (Wildman–Crippen LogP) is 4.21. The number of para-hydroxylation sites is 1. The van der Waals surface area contributed by atoms with Crippen LogP contribution < -0.4 is 0 Å². The van der Waals surface area contributed by atoms with Crippen LogP contribution in [0.3, 0.4) is 0 Å². The summed E-state index contributed by atoms with van der Waals surface area (Å²) in [5.41, 5.74) is 2.69. The van der Waals surface area contributed by atoms with Crippen molar-refractivity contribution in [2.45, 2.75) is 32.8 Å². The summed E-state index contributed by atoms with van der Waals surface area (Å²) in [5.74, 6) is -0.196. The third-order valence-electron chi connectivity index (χ3n) is 3.34.